The van der Waals surface area contributed by atoms with Gasteiger partial charge in [0.1, 0.15) is 0 Å². The second-order valence-corrected chi connectivity index (χ2v) is 3.19. The molecular formula is C12H24NaO4. The third kappa shape index (κ3) is 25.9. The topological polar surface area (TPSA) is 52.6 Å². The molecule has 17 heavy (non-hydrogen) atoms. The van der Waals surface area contributed by atoms with E-state index in [2.05, 4.69) is 11.7 Å². The van der Waals surface area contributed by atoms with E-state index in [1.54, 1.807) is 6.92 Å². The summed E-state index contributed by atoms with van der Waals surface area (Å²) in [6, 6.07) is 0. The maximum atomic E-state index is 10.7. The zero-order valence-corrected chi connectivity index (χ0v) is 13.9. The zero-order chi connectivity index (χ0) is 12.8. The number of carbonyl (C=O) groups is 2. The van der Waals surface area contributed by atoms with Crippen LogP contribution in [0.3, 0.4) is 0 Å². The zero-order valence-electron chi connectivity index (χ0n) is 11.9. The van der Waals surface area contributed by atoms with Crippen LogP contribution in [0.1, 0.15) is 53.4 Å². The summed E-state index contributed by atoms with van der Waals surface area (Å²) in [6.07, 6.45) is 3.83. The van der Waals surface area contributed by atoms with Crippen molar-refractivity contribution in [3.05, 3.63) is 0 Å². The van der Waals surface area contributed by atoms with Gasteiger partial charge in [0.05, 0.1) is 13.2 Å². The van der Waals surface area contributed by atoms with Crippen molar-refractivity contribution in [1.29, 1.82) is 0 Å². The van der Waals surface area contributed by atoms with Gasteiger partial charge in [-0.05, 0) is 20.3 Å². The van der Waals surface area contributed by atoms with Gasteiger partial charge in [-0.1, -0.05) is 19.8 Å². The SMILES string of the molecule is CCCCCC(=O)OCC.CCOC(C)=O.[Na]. The van der Waals surface area contributed by atoms with Gasteiger partial charge < -0.3 is 9.47 Å². The summed E-state index contributed by atoms with van der Waals surface area (Å²) in [7, 11) is 0. The maximum absolute atomic E-state index is 10.7. The Bertz CT molecular complexity index is 183. The second kappa shape index (κ2) is 18.3. The Hall–Kier alpha value is -0.0600. The molecule has 0 saturated heterocycles. The first kappa shape index (κ1) is 22.1. The Labute approximate surface area is 127 Å². The molecule has 0 aromatic rings. The average molecular weight is 255 g/mol. The van der Waals surface area contributed by atoms with Gasteiger partial charge in [0.15, 0.2) is 0 Å². The van der Waals surface area contributed by atoms with Crippen LogP contribution in [-0.2, 0) is 19.1 Å². The molecule has 0 heterocycles. The Morgan fingerprint density at radius 2 is 1.47 bits per heavy atom. The van der Waals surface area contributed by atoms with Gasteiger partial charge in [0.2, 0.25) is 0 Å². The van der Waals surface area contributed by atoms with Crippen molar-refractivity contribution >= 4 is 41.5 Å². The van der Waals surface area contributed by atoms with E-state index < -0.39 is 0 Å². The number of unbranched alkanes of at least 4 members (excludes halogenated alkanes) is 2. The summed E-state index contributed by atoms with van der Waals surface area (Å²) < 4.78 is 9.15. The van der Waals surface area contributed by atoms with Crippen LogP contribution >= 0.6 is 0 Å². The van der Waals surface area contributed by atoms with E-state index in [0.717, 1.165) is 19.3 Å². The van der Waals surface area contributed by atoms with Crippen molar-refractivity contribution in [2.75, 3.05) is 13.2 Å². The molecule has 4 nitrogen and oxygen atoms in total. The van der Waals surface area contributed by atoms with E-state index in [0.29, 0.717) is 19.6 Å². The van der Waals surface area contributed by atoms with Crippen molar-refractivity contribution in [1.82, 2.24) is 0 Å². The van der Waals surface area contributed by atoms with E-state index in [9.17, 15) is 9.59 Å². The first-order valence-electron chi connectivity index (χ1n) is 5.87. The van der Waals surface area contributed by atoms with Crippen molar-refractivity contribution in [3.8, 4) is 0 Å². The molecule has 0 aliphatic carbocycles. The summed E-state index contributed by atoms with van der Waals surface area (Å²) >= 11 is 0. The molecule has 0 fully saturated rings. The summed E-state index contributed by atoms with van der Waals surface area (Å²) in [6.45, 7) is 8.11. The predicted molar refractivity (Wildman–Crippen MR) is 68.8 cm³/mol. The van der Waals surface area contributed by atoms with E-state index in [1.807, 2.05) is 6.92 Å². The molecule has 1 radical (unpaired) electrons. The molecule has 0 spiro atoms. The van der Waals surface area contributed by atoms with Crippen molar-refractivity contribution in [2.24, 2.45) is 0 Å². The number of ether oxygens (including phenoxy) is 2. The van der Waals surface area contributed by atoms with Crippen LogP contribution < -0.4 is 0 Å². The van der Waals surface area contributed by atoms with Gasteiger partial charge in [-0.15, -0.1) is 0 Å². The molecule has 0 aliphatic heterocycles. The molecule has 0 bridgehead atoms. The van der Waals surface area contributed by atoms with Crippen LogP contribution in [0.2, 0.25) is 0 Å². The fourth-order valence-corrected chi connectivity index (χ4v) is 0.956. The standard InChI is InChI=1S/C8H16O2.C4H8O2.Na/c1-3-5-6-7-8(9)10-4-2;1-3-6-4(2)5;/h3-7H2,1-2H3;3H2,1-2H3;. The third-order valence-corrected chi connectivity index (χ3v) is 1.64. The molecule has 0 unspecified atom stereocenters. The summed E-state index contributed by atoms with van der Waals surface area (Å²) in [4.78, 5) is 20.5. The number of rotatable bonds is 6. The predicted octanol–water partition coefficient (Wildman–Crippen LogP) is 2.32. The monoisotopic (exact) mass is 255 g/mol. The quantitative estimate of drug-likeness (QED) is 0.415. The minimum absolute atomic E-state index is 0. The average Bonchev–Trinajstić information content (AvgIpc) is 2.19. The molecule has 0 N–H and O–H groups in total. The van der Waals surface area contributed by atoms with Gasteiger partial charge in [-0.2, -0.15) is 0 Å². The summed E-state index contributed by atoms with van der Waals surface area (Å²) in [5.74, 6) is -0.270. The van der Waals surface area contributed by atoms with Gasteiger partial charge in [-0.25, -0.2) is 0 Å². The Kier molecular flexibility index (Phi) is 23.9. The van der Waals surface area contributed by atoms with E-state index in [1.165, 1.54) is 6.92 Å². The van der Waals surface area contributed by atoms with E-state index in [4.69, 9.17) is 4.74 Å². The fraction of sp³-hybridized carbons (Fsp3) is 0.833. The van der Waals surface area contributed by atoms with Gasteiger partial charge in [0, 0.05) is 42.9 Å². The largest absolute Gasteiger partial charge is 0.466 e. The molecular weight excluding hydrogens is 231 g/mol. The Morgan fingerprint density at radius 3 is 1.76 bits per heavy atom. The van der Waals surface area contributed by atoms with Gasteiger partial charge >= 0.3 is 11.9 Å². The van der Waals surface area contributed by atoms with Crippen LogP contribution in [0.5, 0.6) is 0 Å². The first-order valence-corrected chi connectivity index (χ1v) is 5.87. The van der Waals surface area contributed by atoms with E-state index >= 15 is 0 Å². The van der Waals surface area contributed by atoms with Crippen LogP contribution in [0.25, 0.3) is 0 Å². The summed E-state index contributed by atoms with van der Waals surface area (Å²) in [5.41, 5.74) is 0. The van der Waals surface area contributed by atoms with Crippen molar-refractivity contribution in [3.63, 3.8) is 0 Å². The minimum atomic E-state index is -0.211. The molecule has 0 aromatic heterocycles. The molecule has 0 rings (SSSR count). The summed E-state index contributed by atoms with van der Waals surface area (Å²) in [5, 5.41) is 0. The molecule has 0 saturated carbocycles. The molecule has 0 aromatic carbocycles. The minimum Gasteiger partial charge on any atom is -0.466 e. The fourth-order valence-electron chi connectivity index (χ4n) is 0.956. The maximum Gasteiger partial charge on any atom is 0.305 e. The van der Waals surface area contributed by atoms with E-state index in [-0.39, 0.29) is 41.5 Å². The van der Waals surface area contributed by atoms with Crippen LogP contribution in [0, 0.1) is 0 Å². The van der Waals surface area contributed by atoms with Crippen LogP contribution in [0.15, 0.2) is 0 Å². The molecule has 5 heteroatoms. The Morgan fingerprint density at radius 1 is 0.941 bits per heavy atom. The molecule has 0 aliphatic rings. The smallest absolute Gasteiger partial charge is 0.305 e. The number of carbonyl (C=O) groups excluding carboxylic acids is 2. The second-order valence-electron chi connectivity index (χ2n) is 3.19. The van der Waals surface area contributed by atoms with Crippen LogP contribution in [0.4, 0.5) is 0 Å². The number of hydrogen-bond acceptors (Lipinski definition) is 4. The van der Waals surface area contributed by atoms with Crippen molar-refractivity contribution < 1.29 is 19.1 Å². The molecule has 0 atom stereocenters. The third-order valence-electron chi connectivity index (χ3n) is 1.64. The number of esters is 2. The molecule has 0 amide bonds. The first-order chi connectivity index (χ1) is 7.58. The normalized spacial score (nSPS) is 8.24. The van der Waals surface area contributed by atoms with Crippen LogP contribution in [-0.4, -0.2) is 54.7 Å². The Balaban J connectivity index is -0.000000244. The number of hydrogen-bond donors (Lipinski definition) is 0. The van der Waals surface area contributed by atoms with Crippen molar-refractivity contribution in [2.45, 2.75) is 53.4 Å². The van der Waals surface area contributed by atoms with Gasteiger partial charge in [0.25, 0.3) is 0 Å². The van der Waals surface area contributed by atoms with Gasteiger partial charge in [-0.3, -0.25) is 9.59 Å². The molecule has 97 valence electrons.